The quantitative estimate of drug-likeness (QED) is 0.936. The molecule has 1 amide bonds. The van der Waals surface area contributed by atoms with E-state index in [0.29, 0.717) is 12.5 Å². The number of nitrogens with zero attached hydrogens (tertiary/aromatic N) is 2. The number of imidazole rings is 1. The van der Waals surface area contributed by atoms with Crippen molar-refractivity contribution in [2.75, 3.05) is 6.54 Å². The fraction of sp³-hybridized carbons (Fsp3) is 0.529. The maximum absolute atomic E-state index is 12.3. The van der Waals surface area contributed by atoms with Crippen LogP contribution in [0.3, 0.4) is 0 Å². The molecule has 2 aromatic rings. The standard InChI is InChI=1S/C17H21N3O/c21-17(15-10-12-4-5-13(15)9-12)18-7-6-14-11-20-8-2-1-3-16(20)19-14/h1-3,8,11-13,15H,4-7,9-10H2,(H,18,21). The van der Waals surface area contributed by atoms with Gasteiger partial charge in [0.2, 0.25) is 5.91 Å². The minimum atomic E-state index is 0.269. The van der Waals surface area contributed by atoms with Crippen LogP contribution in [0.5, 0.6) is 0 Å². The summed E-state index contributed by atoms with van der Waals surface area (Å²) in [5.74, 6) is 2.03. The van der Waals surface area contributed by atoms with Gasteiger partial charge in [0.05, 0.1) is 5.69 Å². The molecular formula is C17H21N3O. The van der Waals surface area contributed by atoms with Crippen molar-refractivity contribution in [2.24, 2.45) is 17.8 Å². The van der Waals surface area contributed by atoms with Crippen molar-refractivity contribution in [1.29, 1.82) is 0 Å². The summed E-state index contributed by atoms with van der Waals surface area (Å²) in [7, 11) is 0. The van der Waals surface area contributed by atoms with E-state index in [9.17, 15) is 4.79 Å². The monoisotopic (exact) mass is 283 g/mol. The zero-order chi connectivity index (χ0) is 14.2. The Morgan fingerprint density at radius 2 is 2.29 bits per heavy atom. The molecular weight excluding hydrogens is 262 g/mol. The van der Waals surface area contributed by atoms with Crippen LogP contribution in [0.2, 0.25) is 0 Å². The first-order chi connectivity index (χ1) is 10.3. The number of fused-ring (bicyclic) bond motifs is 3. The van der Waals surface area contributed by atoms with E-state index in [1.54, 1.807) is 0 Å². The van der Waals surface area contributed by atoms with E-state index >= 15 is 0 Å². The van der Waals surface area contributed by atoms with Crippen molar-refractivity contribution in [3.63, 3.8) is 0 Å². The molecule has 4 heteroatoms. The number of aromatic nitrogens is 2. The second-order valence-electron chi connectivity index (χ2n) is 6.52. The predicted octanol–water partition coefficient (Wildman–Crippen LogP) is 2.43. The van der Waals surface area contributed by atoms with Gasteiger partial charge in [-0.2, -0.15) is 0 Å². The number of hydrogen-bond acceptors (Lipinski definition) is 2. The van der Waals surface area contributed by atoms with Gasteiger partial charge in [-0.15, -0.1) is 0 Å². The van der Waals surface area contributed by atoms with Crippen molar-refractivity contribution in [1.82, 2.24) is 14.7 Å². The zero-order valence-electron chi connectivity index (χ0n) is 12.2. The molecule has 2 heterocycles. The van der Waals surface area contributed by atoms with E-state index in [4.69, 9.17) is 0 Å². The number of rotatable bonds is 4. The van der Waals surface area contributed by atoms with Gasteiger partial charge in [0.1, 0.15) is 5.65 Å². The van der Waals surface area contributed by atoms with Gasteiger partial charge in [-0.25, -0.2) is 4.98 Å². The number of nitrogens with one attached hydrogen (secondary N) is 1. The highest BCUT2D eigenvalue weighted by Crippen LogP contribution is 2.48. The fourth-order valence-corrected chi connectivity index (χ4v) is 4.12. The Morgan fingerprint density at radius 1 is 1.33 bits per heavy atom. The van der Waals surface area contributed by atoms with Gasteiger partial charge in [-0.05, 0) is 43.2 Å². The number of carbonyl (C=O) groups is 1. The summed E-state index contributed by atoms with van der Waals surface area (Å²) in [5.41, 5.74) is 2.00. The largest absolute Gasteiger partial charge is 0.355 e. The summed E-state index contributed by atoms with van der Waals surface area (Å²) >= 11 is 0. The molecule has 0 saturated heterocycles. The fourth-order valence-electron chi connectivity index (χ4n) is 4.12. The molecule has 0 spiro atoms. The summed E-state index contributed by atoms with van der Waals surface area (Å²) in [6.07, 6.45) is 9.84. The lowest BCUT2D eigenvalue weighted by Crippen LogP contribution is -2.34. The molecule has 2 aliphatic carbocycles. The lowest BCUT2D eigenvalue weighted by molar-refractivity contribution is -0.126. The Hall–Kier alpha value is -1.84. The van der Waals surface area contributed by atoms with Crippen LogP contribution in [0, 0.1) is 17.8 Å². The van der Waals surface area contributed by atoms with Gasteiger partial charge in [0.15, 0.2) is 0 Å². The molecule has 2 bridgehead atoms. The van der Waals surface area contributed by atoms with E-state index < -0.39 is 0 Å². The zero-order valence-corrected chi connectivity index (χ0v) is 12.2. The predicted molar refractivity (Wildman–Crippen MR) is 80.8 cm³/mol. The van der Waals surface area contributed by atoms with Crippen LogP contribution in [0.4, 0.5) is 0 Å². The summed E-state index contributed by atoms with van der Waals surface area (Å²) in [4.78, 5) is 16.8. The lowest BCUT2D eigenvalue weighted by Gasteiger charge is -2.20. The molecule has 2 saturated carbocycles. The van der Waals surface area contributed by atoms with Gasteiger partial charge in [-0.1, -0.05) is 12.5 Å². The summed E-state index contributed by atoms with van der Waals surface area (Å²) < 4.78 is 2.02. The highest BCUT2D eigenvalue weighted by atomic mass is 16.1. The number of hydrogen-bond donors (Lipinski definition) is 1. The van der Waals surface area contributed by atoms with E-state index in [1.807, 2.05) is 35.0 Å². The number of amides is 1. The van der Waals surface area contributed by atoms with Crippen molar-refractivity contribution in [2.45, 2.75) is 32.1 Å². The molecule has 1 N–H and O–H groups in total. The van der Waals surface area contributed by atoms with Crippen molar-refractivity contribution < 1.29 is 4.79 Å². The molecule has 0 aromatic carbocycles. The average molecular weight is 283 g/mol. The highest BCUT2D eigenvalue weighted by molar-refractivity contribution is 5.79. The number of pyridine rings is 1. The smallest absolute Gasteiger partial charge is 0.223 e. The van der Waals surface area contributed by atoms with Gasteiger partial charge in [0, 0.05) is 31.3 Å². The van der Waals surface area contributed by atoms with Gasteiger partial charge in [0.25, 0.3) is 0 Å². The van der Waals surface area contributed by atoms with E-state index in [-0.39, 0.29) is 11.8 Å². The minimum Gasteiger partial charge on any atom is -0.355 e. The third-order valence-corrected chi connectivity index (χ3v) is 5.17. The Kier molecular flexibility index (Phi) is 3.17. The first-order valence-electron chi connectivity index (χ1n) is 8.00. The Labute approximate surface area is 124 Å². The molecule has 0 radical (unpaired) electrons. The molecule has 3 atom stereocenters. The molecule has 3 unspecified atom stereocenters. The molecule has 110 valence electrons. The molecule has 0 aliphatic heterocycles. The Morgan fingerprint density at radius 3 is 3.05 bits per heavy atom. The van der Waals surface area contributed by atoms with Crippen molar-refractivity contribution in [3.05, 3.63) is 36.3 Å². The third kappa shape index (κ3) is 2.43. The van der Waals surface area contributed by atoms with Crippen molar-refractivity contribution in [3.8, 4) is 0 Å². The van der Waals surface area contributed by atoms with Crippen LogP contribution in [-0.2, 0) is 11.2 Å². The lowest BCUT2D eigenvalue weighted by atomic mass is 9.88. The number of carbonyl (C=O) groups excluding carboxylic acids is 1. The van der Waals surface area contributed by atoms with E-state index in [0.717, 1.165) is 30.1 Å². The SMILES string of the molecule is O=C(NCCc1cn2ccccc2n1)C1CC2CCC1C2. The summed E-state index contributed by atoms with van der Waals surface area (Å²) in [6, 6.07) is 5.98. The normalized spacial score (nSPS) is 27.3. The van der Waals surface area contributed by atoms with Crippen LogP contribution in [0.15, 0.2) is 30.6 Å². The van der Waals surface area contributed by atoms with Gasteiger partial charge >= 0.3 is 0 Å². The van der Waals surface area contributed by atoms with Crippen molar-refractivity contribution >= 4 is 11.6 Å². The Balaban J connectivity index is 1.32. The maximum Gasteiger partial charge on any atom is 0.223 e. The average Bonchev–Trinajstić information content (AvgIpc) is 3.21. The van der Waals surface area contributed by atoms with Gasteiger partial charge in [-0.3, -0.25) is 4.79 Å². The summed E-state index contributed by atoms with van der Waals surface area (Å²) in [5, 5.41) is 3.11. The third-order valence-electron chi connectivity index (χ3n) is 5.17. The van der Waals surface area contributed by atoms with Crippen LogP contribution in [-0.4, -0.2) is 21.8 Å². The highest BCUT2D eigenvalue weighted by Gasteiger charge is 2.42. The van der Waals surface area contributed by atoms with E-state index in [2.05, 4.69) is 10.3 Å². The molecule has 2 aliphatic rings. The van der Waals surface area contributed by atoms with Crippen LogP contribution < -0.4 is 5.32 Å². The maximum atomic E-state index is 12.3. The summed E-state index contributed by atoms with van der Waals surface area (Å²) in [6.45, 7) is 0.691. The van der Waals surface area contributed by atoms with Crippen LogP contribution in [0.1, 0.15) is 31.4 Å². The van der Waals surface area contributed by atoms with Crippen LogP contribution in [0.25, 0.3) is 5.65 Å². The molecule has 2 fully saturated rings. The molecule has 4 rings (SSSR count). The molecule has 21 heavy (non-hydrogen) atoms. The topological polar surface area (TPSA) is 46.4 Å². The van der Waals surface area contributed by atoms with E-state index in [1.165, 1.54) is 19.3 Å². The van der Waals surface area contributed by atoms with Crippen LogP contribution >= 0.6 is 0 Å². The second-order valence-corrected chi connectivity index (χ2v) is 6.52. The minimum absolute atomic E-state index is 0.269. The Bertz CT molecular complexity index is 630. The second kappa shape index (κ2) is 5.17. The molecule has 2 aromatic heterocycles. The first kappa shape index (κ1) is 12.9. The molecule has 4 nitrogen and oxygen atoms in total. The first-order valence-corrected chi connectivity index (χ1v) is 8.00. The van der Waals surface area contributed by atoms with Gasteiger partial charge < -0.3 is 9.72 Å².